The third-order valence-electron chi connectivity index (χ3n) is 3.01. The van der Waals surface area contributed by atoms with Gasteiger partial charge in [0.25, 0.3) is 0 Å². The van der Waals surface area contributed by atoms with Gasteiger partial charge in [-0.25, -0.2) is 0 Å². The average molecular weight is 229 g/mol. The summed E-state index contributed by atoms with van der Waals surface area (Å²) >= 11 is 0. The zero-order chi connectivity index (χ0) is 12.0. The van der Waals surface area contributed by atoms with E-state index in [1.54, 1.807) is 0 Å². The summed E-state index contributed by atoms with van der Waals surface area (Å²) in [5.41, 5.74) is 5.26. The van der Waals surface area contributed by atoms with Gasteiger partial charge in [0, 0.05) is 19.6 Å². The molecule has 0 radical (unpaired) electrons. The van der Waals surface area contributed by atoms with E-state index in [9.17, 15) is 4.79 Å². The van der Waals surface area contributed by atoms with E-state index in [2.05, 4.69) is 17.1 Å². The Morgan fingerprint density at radius 2 is 2.38 bits per heavy atom. The normalized spacial score (nSPS) is 24.2. The maximum Gasteiger partial charge on any atom is 0.234 e. The summed E-state index contributed by atoms with van der Waals surface area (Å²) < 4.78 is 5.63. The fourth-order valence-electron chi connectivity index (χ4n) is 1.91. The van der Waals surface area contributed by atoms with E-state index in [1.165, 1.54) is 0 Å². The number of amides is 1. The van der Waals surface area contributed by atoms with Crippen molar-refractivity contribution in [2.24, 2.45) is 5.73 Å². The molecule has 1 saturated heterocycles. The van der Waals surface area contributed by atoms with Crippen molar-refractivity contribution in [3.63, 3.8) is 0 Å². The van der Waals surface area contributed by atoms with Crippen LogP contribution in [0.3, 0.4) is 0 Å². The number of carbonyl (C=O) groups excluding carboxylic acids is 1. The van der Waals surface area contributed by atoms with Crippen LogP contribution in [-0.4, -0.2) is 55.7 Å². The average Bonchev–Trinajstić information content (AvgIpc) is 2.29. The number of rotatable bonds is 6. The minimum Gasteiger partial charge on any atom is -0.374 e. The third-order valence-corrected chi connectivity index (χ3v) is 3.01. The fourth-order valence-corrected chi connectivity index (χ4v) is 1.91. The quantitative estimate of drug-likeness (QED) is 0.648. The molecule has 5 heteroatoms. The Hall–Kier alpha value is -0.650. The van der Waals surface area contributed by atoms with Gasteiger partial charge in [-0.3, -0.25) is 9.69 Å². The predicted octanol–water partition coefficient (Wildman–Crippen LogP) is -0.439. The Morgan fingerprint density at radius 3 is 2.94 bits per heavy atom. The van der Waals surface area contributed by atoms with Crippen molar-refractivity contribution in [1.29, 1.82) is 0 Å². The maximum atomic E-state index is 11.0. The Kier molecular flexibility index (Phi) is 5.73. The molecule has 0 spiro atoms. The standard InChI is InChI=1S/C11H23N3O2/c1-3-10(11(12)15)13-7-9-8-14(4-2)5-6-16-9/h9-10,13H,3-8H2,1-2H3,(H2,12,15). The first-order valence-corrected chi connectivity index (χ1v) is 6.04. The number of morpholine rings is 1. The molecule has 1 rings (SSSR count). The van der Waals surface area contributed by atoms with Crippen LogP contribution in [0.1, 0.15) is 20.3 Å². The highest BCUT2D eigenvalue weighted by atomic mass is 16.5. The molecule has 1 aliphatic rings. The van der Waals surface area contributed by atoms with Crippen molar-refractivity contribution in [2.75, 3.05) is 32.8 Å². The van der Waals surface area contributed by atoms with E-state index in [-0.39, 0.29) is 18.1 Å². The number of hydrogen-bond acceptors (Lipinski definition) is 4. The number of nitrogens with one attached hydrogen (secondary N) is 1. The van der Waals surface area contributed by atoms with Gasteiger partial charge < -0.3 is 15.8 Å². The largest absolute Gasteiger partial charge is 0.374 e. The summed E-state index contributed by atoms with van der Waals surface area (Å²) in [7, 11) is 0. The van der Waals surface area contributed by atoms with Gasteiger partial charge in [-0.05, 0) is 13.0 Å². The molecule has 2 unspecified atom stereocenters. The highest BCUT2D eigenvalue weighted by Crippen LogP contribution is 2.04. The molecule has 0 saturated carbocycles. The Bertz CT molecular complexity index is 223. The fraction of sp³-hybridized carbons (Fsp3) is 0.909. The lowest BCUT2D eigenvalue weighted by atomic mass is 10.2. The number of nitrogens with two attached hydrogens (primary N) is 1. The summed E-state index contributed by atoms with van der Waals surface area (Å²) in [5, 5.41) is 3.16. The molecule has 1 heterocycles. The molecule has 1 fully saturated rings. The zero-order valence-corrected chi connectivity index (χ0v) is 10.2. The van der Waals surface area contributed by atoms with Crippen molar-refractivity contribution in [1.82, 2.24) is 10.2 Å². The summed E-state index contributed by atoms with van der Waals surface area (Å²) in [6.45, 7) is 8.54. The number of likely N-dealkylation sites (N-methyl/N-ethyl adjacent to an activating group) is 1. The van der Waals surface area contributed by atoms with E-state index >= 15 is 0 Å². The zero-order valence-electron chi connectivity index (χ0n) is 10.2. The van der Waals surface area contributed by atoms with Crippen LogP contribution in [0.4, 0.5) is 0 Å². The number of ether oxygens (including phenoxy) is 1. The van der Waals surface area contributed by atoms with E-state index in [4.69, 9.17) is 10.5 Å². The van der Waals surface area contributed by atoms with Crippen LogP contribution >= 0.6 is 0 Å². The number of primary amides is 1. The molecule has 94 valence electrons. The second-order valence-electron chi connectivity index (χ2n) is 4.16. The van der Waals surface area contributed by atoms with Crippen molar-refractivity contribution < 1.29 is 9.53 Å². The molecule has 0 aromatic heterocycles. The molecular formula is C11H23N3O2. The Labute approximate surface area is 97.3 Å². The molecule has 0 aromatic rings. The van der Waals surface area contributed by atoms with E-state index in [0.29, 0.717) is 6.54 Å². The van der Waals surface area contributed by atoms with Crippen molar-refractivity contribution in [3.8, 4) is 0 Å². The molecule has 5 nitrogen and oxygen atoms in total. The number of carbonyl (C=O) groups is 1. The van der Waals surface area contributed by atoms with Gasteiger partial charge in [0.15, 0.2) is 0 Å². The monoisotopic (exact) mass is 229 g/mol. The third kappa shape index (κ3) is 4.08. The van der Waals surface area contributed by atoms with Gasteiger partial charge in [-0.1, -0.05) is 13.8 Å². The molecule has 1 amide bonds. The van der Waals surface area contributed by atoms with Crippen LogP contribution < -0.4 is 11.1 Å². The van der Waals surface area contributed by atoms with Gasteiger partial charge >= 0.3 is 0 Å². The Balaban J connectivity index is 2.28. The first-order chi connectivity index (χ1) is 7.67. The van der Waals surface area contributed by atoms with Crippen LogP contribution in [0.25, 0.3) is 0 Å². The van der Waals surface area contributed by atoms with Crippen molar-refractivity contribution in [2.45, 2.75) is 32.4 Å². The molecule has 16 heavy (non-hydrogen) atoms. The van der Waals surface area contributed by atoms with Crippen LogP contribution in [0.5, 0.6) is 0 Å². The predicted molar refractivity (Wildman–Crippen MR) is 63.1 cm³/mol. The summed E-state index contributed by atoms with van der Waals surface area (Å²) in [4.78, 5) is 13.4. The SMILES string of the molecule is CCC(NCC1CN(CC)CCO1)C(N)=O. The lowest BCUT2D eigenvalue weighted by Crippen LogP contribution is -2.50. The molecule has 0 aromatic carbocycles. The van der Waals surface area contributed by atoms with Gasteiger partial charge in [0.1, 0.15) is 0 Å². The minimum atomic E-state index is -0.286. The summed E-state index contributed by atoms with van der Waals surface area (Å²) in [5.74, 6) is -0.286. The Morgan fingerprint density at radius 1 is 1.62 bits per heavy atom. The molecule has 3 N–H and O–H groups in total. The smallest absolute Gasteiger partial charge is 0.234 e. The molecule has 2 atom stereocenters. The number of nitrogens with zero attached hydrogens (tertiary/aromatic N) is 1. The highest BCUT2D eigenvalue weighted by Gasteiger charge is 2.21. The van der Waals surface area contributed by atoms with Crippen LogP contribution in [0, 0.1) is 0 Å². The second kappa shape index (κ2) is 6.83. The van der Waals surface area contributed by atoms with Gasteiger partial charge in [-0.15, -0.1) is 0 Å². The second-order valence-corrected chi connectivity index (χ2v) is 4.16. The number of hydrogen-bond donors (Lipinski definition) is 2. The van der Waals surface area contributed by atoms with Gasteiger partial charge in [-0.2, -0.15) is 0 Å². The molecule has 0 bridgehead atoms. The highest BCUT2D eigenvalue weighted by molar-refractivity contribution is 5.79. The van der Waals surface area contributed by atoms with Crippen molar-refractivity contribution >= 4 is 5.91 Å². The van der Waals surface area contributed by atoms with E-state index < -0.39 is 0 Å². The topological polar surface area (TPSA) is 67.6 Å². The van der Waals surface area contributed by atoms with E-state index in [0.717, 1.165) is 32.7 Å². The van der Waals surface area contributed by atoms with Crippen LogP contribution in [-0.2, 0) is 9.53 Å². The van der Waals surface area contributed by atoms with Crippen LogP contribution in [0.15, 0.2) is 0 Å². The summed E-state index contributed by atoms with van der Waals surface area (Å²) in [6.07, 6.45) is 0.890. The lowest BCUT2D eigenvalue weighted by molar-refractivity contribution is -0.120. The first-order valence-electron chi connectivity index (χ1n) is 6.04. The lowest BCUT2D eigenvalue weighted by Gasteiger charge is -2.32. The van der Waals surface area contributed by atoms with Gasteiger partial charge in [0.05, 0.1) is 18.8 Å². The van der Waals surface area contributed by atoms with E-state index in [1.807, 2.05) is 6.92 Å². The van der Waals surface area contributed by atoms with Gasteiger partial charge in [0.2, 0.25) is 5.91 Å². The molecule has 1 aliphatic heterocycles. The van der Waals surface area contributed by atoms with Crippen LogP contribution in [0.2, 0.25) is 0 Å². The molecule has 0 aliphatic carbocycles. The summed E-state index contributed by atoms with van der Waals surface area (Å²) in [6, 6.07) is -0.236. The maximum absolute atomic E-state index is 11.0. The minimum absolute atomic E-state index is 0.169. The first kappa shape index (κ1) is 13.4. The molecular weight excluding hydrogens is 206 g/mol. The van der Waals surface area contributed by atoms with Crippen molar-refractivity contribution in [3.05, 3.63) is 0 Å².